The lowest BCUT2D eigenvalue weighted by Crippen LogP contribution is -2.47. The van der Waals surface area contributed by atoms with Crippen molar-refractivity contribution in [3.63, 3.8) is 0 Å². The fraction of sp³-hybridized carbons (Fsp3) is 0.409. The largest absolute Gasteiger partial charge is 0.460 e. The number of carbonyl (C=O) groups excluding carboxylic acids is 1. The van der Waals surface area contributed by atoms with Crippen LogP contribution in [-0.4, -0.2) is 61.6 Å². The van der Waals surface area contributed by atoms with Crippen LogP contribution < -0.4 is 0 Å². The van der Waals surface area contributed by atoms with Gasteiger partial charge in [0.05, 0.1) is 0 Å². The molecule has 1 unspecified atom stereocenters. The molecule has 1 atom stereocenters. The summed E-state index contributed by atoms with van der Waals surface area (Å²) in [6.45, 7) is 5.04. The zero-order valence-electron chi connectivity index (χ0n) is 15.3. The Balaban J connectivity index is 1.62. The molecule has 0 spiro atoms. The minimum Gasteiger partial charge on any atom is -0.460 e. The third-order valence-corrected chi connectivity index (χ3v) is 5.75. The second-order valence-electron chi connectivity index (χ2n) is 7.47. The van der Waals surface area contributed by atoms with Gasteiger partial charge in [0.1, 0.15) is 11.5 Å². The summed E-state index contributed by atoms with van der Waals surface area (Å²) in [4.78, 5) is 17.9. The summed E-state index contributed by atoms with van der Waals surface area (Å²) in [7, 11) is 2.16. The molecule has 2 saturated heterocycles. The van der Waals surface area contributed by atoms with E-state index in [1.807, 2.05) is 60.7 Å². The van der Waals surface area contributed by atoms with Crippen molar-refractivity contribution < 1.29 is 9.53 Å². The summed E-state index contributed by atoms with van der Waals surface area (Å²) in [5.41, 5.74) is 1.36. The van der Waals surface area contributed by atoms with E-state index < -0.39 is 5.41 Å². The normalized spacial score (nSPS) is 23.7. The van der Waals surface area contributed by atoms with Crippen LogP contribution in [0.5, 0.6) is 0 Å². The van der Waals surface area contributed by atoms with Gasteiger partial charge in [0.2, 0.25) is 0 Å². The van der Waals surface area contributed by atoms with Gasteiger partial charge in [0, 0.05) is 39.1 Å². The number of hydrogen-bond donors (Lipinski definition) is 0. The highest BCUT2D eigenvalue weighted by molar-refractivity contribution is 5.89. The van der Waals surface area contributed by atoms with Crippen LogP contribution in [0.1, 0.15) is 17.5 Å². The predicted molar refractivity (Wildman–Crippen MR) is 102 cm³/mol. The average molecular weight is 350 g/mol. The smallest absolute Gasteiger partial charge is 0.321 e. The first-order valence-corrected chi connectivity index (χ1v) is 9.41. The van der Waals surface area contributed by atoms with Crippen LogP contribution in [0, 0.1) is 0 Å². The zero-order chi connectivity index (χ0) is 18.0. The first kappa shape index (κ1) is 17.3. The molecule has 0 radical (unpaired) electrons. The number of piperazine rings is 1. The van der Waals surface area contributed by atoms with Crippen LogP contribution in [0.4, 0.5) is 0 Å². The van der Waals surface area contributed by atoms with Crippen molar-refractivity contribution in [2.24, 2.45) is 0 Å². The average Bonchev–Trinajstić information content (AvgIpc) is 3.02. The Hall–Kier alpha value is -2.17. The molecule has 4 rings (SSSR count). The van der Waals surface area contributed by atoms with Crippen molar-refractivity contribution in [1.29, 1.82) is 0 Å². The molecule has 4 nitrogen and oxygen atoms in total. The molecule has 0 amide bonds. The van der Waals surface area contributed by atoms with Gasteiger partial charge in [-0.3, -0.25) is 9.69 Å². The van der Waals surface area contributed by atoms with Gasteiger partial charge in [-0.2, -0.15) is 0 Å². The van der Waals surface area contributed by atoms with Crippen LogP contribution in [0.3, 0.4) is 0 Å². The molecule has 2 aliphatic rings. The first-order chi connectivity index (χ1) is 12.7. The molecule has 26 heavy (non-hydrogen) atoms. The van der Waals surface area contributed by atoms with Gasteiger partial charge < -0.3 is 9.64 Å². The van der Waals surface area contributed by atoms with Gasteiger partial charge in [-0.25, -0.2) is 0 Å². The van der Waals surface area contributed by atoms with Crippen molar-refractivity contribution in [1.82, 2.24) is 9.80 Å². The maximum Gasteiger partial charge on any atom is 0.321 e. The van der Waals surface area contributed by atoms with Gasteiger partial charge in [-0.1, -0.05) is 60.7 Å². The van der Waals surface area contributed by atoms with E-state index in [-0.39, 0.29) is 12.1 Å². The third kappa shape index (κ3) is 3.15. The van der Waals surface area contributed by atoms with E-state index in [1.165, 1.54) is 0 Å². The van der Waals surface area contributed by atoms with Crippen LogP contribution in [0.2, 0.25) is 0 Å². The summed E-state index contributed by atoms with van der Waals surface area (Å²) in [6, 6.07) is 20.2. The van der Waals surface area contributed by atoms with Crippen LogP contribution in [0.25, 0.3) is 0 Å². The van der Waals surface area contributed by atoms with E-state index >= 15 is 0 Å². The topological polar surface area (TPSA) is 32.8 Å². The summed E-state index contributed by atoms with van der Waals surface area (Å²) in [6.07, 6.45) is 0.637. The Morgan fingerprint density at radius 2 is 1.46 bits per heavy atom. The summed E-state index contributed by atoms with van der Waals surface area (Å²) in [5, 5.41) is 0. The minimum absolute atomic E-state index is 0.0636. The monoisotopic (exact) mass is 350 g/mol. The first-order valence-electron chi connectivity index (χ1n) is 9.41. The second kappa shape index (κ2) is 7.22. The maximum atomic E-state index is 13.2. The Kier molecular flexibility index (Phi) is 4.79. The fourth-order valence-electron chi connectivity index (χ4n) is 4.22. The molecule has 0 aromatic heterocycles. The van der Waals surface area contributed by atoms with E-state index in [0.29, 0.717) is 6.42 Å². The van der Waals surface area contributed by atoms with Crippen LogP contribution in [0.15, 0.2) is 60.7 Å². The van der Waals surface area contributed by atoms with E-state index in [9.17, 15) is 4.79 Å². The molecule has 0 saturated carbocycles. The van der Waals surface area contributed by atoms with E-state index in [2.05, 4.69) is 16.8 Å². The number of esters is 1. The number of carbonyl (C=O) groups is 1. The van der Waals surface area contributed by atoms with Gasteiger partial charge >= 0.3 is 5.97 Å². The van der Waals surface area contributed by atoms with Crippen molar-refractivity contribution in [2.75, 3.05) is 39.8 Å². The summed E-state index contributed by atoms with van der Waals surface area (Å²) in [5.74, 6) is -0.117. The Morgan fingerprint density at radius 1 is 0.923 bits per heavy atom. The number of rotatable bonds is 4. The minimum atomic E-state index is -0.695. The van der Waals surface area contributed by atoms with Crippen molar-refractivity contribution in [2.45, 2.75) is 17.9 Å². The van der Waals surface area contributed by atoms with E-state index in [0.717, 1.165) is 43.9 Å². The van der Waals surface area contributed by atoms with Gasteiger partial charge in [-0.05, 0) is 18.2 Å². The highest BCUT2D eigenvalue weighted by atomic mass is 16.6. The lowest BCUT2D eigenvalue weighted by atomic mass is 9.72. The number of hydrogen-bond acceptors (Lipinski definition) is 4. The zero-order valence-corrected chi connectivity index (χ0v) is 15.3. The summed E-state index contributed by atoms with van der Waals surface area (Å²) >= 11 is 0. The molecule has 4 heteroatoms. The molecule has 0 bridgehead atoms. The SMILES string of the molecule is CN1CCN(CC2CC(c3ccccc3)(c3ccccc3)C(=O)O2)CC1. The van der Waals surface area contributed by atoms with Gasteiger partial charge in [0.25, 0.3) is 0 Å². The molecule has 136 valence electrons. The van der Waals surface area contributed by atoms with Crippen LogP contribution >= 0.6 is 0 Å². The number of cyclic esters (lactones) is 1. The Labute approximate surface area is 155 Å². The van der Waals surface area contributed by atoms with Gasteiger partial charge in [-0.15, -0.1) is 0 Å². The molecule has 2 aromatic rings. The lowest BCUT2D eigenvalue weighted by molar-refractivity contribution is -0.145. The van der Waals surface area contributed by atoms with E-state index in [1.54, 1.807) is 0 Å². The number of nitrogens with zero attached hydrogens (tertiary/aromatic N) is 2. The van der Waals surface area contributed by atoms with Crippen molar-refractivity contribution >= 4 is 5.97 Å². The lowest BCUT2D eigenvalue weighted by Gasteiger charge is -2.33. The van der Waals surface area contributed by atoms with Gasteiger partial charge in [0.15, 0.2) is 0 Å². The van der Waals surface area contributed by atoms with Crippen molar-refractivity contribution in [3.8, 4) is 0 Å². The Morgan fingerprint density at radius 3 is 2.00 bits per heavy atom. The highest BCUT2D eigenvalue weighted by Crippen LogP contribution is 2.43. The summed E-state index contributed by atoms with van der Waals surface area (Å²) < 4.78 is 5.92. The second-order valence-corrected chi connectivity index (χ2v) is 7.47. The standard InChI is InChI=1S/C22H26N2O2/c1-23-12-14-24(15-13-23)17-20-16-22(21(25)26-20,18-8-4-2-5-9-18)19-10-6-3-7-11-19/h2-11,20H,12-17H2,1H3. The van der Waals surface area contributed by atoms with Crippen LogP contribution in [-0.2, 0) is 14.9 Å². The molecular weight excluding hydrogens is 324 g/mol. The fourth-order valence-corrected chi connectivity index (χ4v) is 4.22. The molecule has 2 fully saturated rings. The van der Waals surface area contributed by atoms with E-state index in [4.69, 9.17) is 4.74 Å². The molecule has 2 heterocycles. The maximum absolute atomic E-state index is 13.2. The molecule has 2 aromatic carbocycles. The Bertz CT molecular complexity index is 700. The molecule has 0 aliphatic carbocycles. The quantitative estimate of drug-likeness (QED) is 0.794. The van der Waals surface area contributed by atoms with Crippen molar-refractivity contribution in [3.05, 3.63) is 71.8 Å². The number of ether oxygens (including phenoxy) is 1. The number of likely N-dealkylation sites (N-methyl/N-ethyl adjacent to an activating group) is 1. The third-order valence-electron chi connectivity index (χ3n) is 5.75. The molecular formula is C22H26N2O2. The molecule has 0 N–H and O–H groups in total. The molecule has 2 aliphatic heterocycles. The number of benzene rings is 2. The predicted octanol–water partition coefficient (Wildman–Crippen LogP) is 2.54. The highest BCUT2D eigenvalue weighted by Gasteiger charge is 2.51.